The molecule has 4 rings (SSSR count). The van der Waals surface area contributed by atoms with Crippen LogP contribution >= 0.6 is 0 Å². The number of hydrogen-bond acceptors (Lipinski definition) is 5. The molecule has 0 amide bonds. The van der Waals surface area contributed by atoms with E-state index in [1.54, 1.807) is 14.2 Å². The van der Waals surface area contributed by atoms with Crippen molar-refractivity contribution in [1.82, 2.24) is 4.90 Å². The number of nitrogens with zero attached hydrogens (tertiary/aromatic N) is 1. The van der Waals surface area contributed by atoms with Crippen LogP contribution in [0.25, 0.3) is 0 Å². The normalized spacial score (nSPS) is 13.9. The second-order valence-corrected chi connectivity index (χ2v) is 9.09. The molecule has 1 aliphatic rings. The zero-order valence-electron chi connectivity index (χ0n) is 21.2. The number of hydrogen-bond donors (Lipinski definition) is 0. The number of likely N-dealkylation sites (tertiary alicyclic amines) is 1. The van der Waals surface area contributed by atoms with Crippen molar-refractivity contribution in [3.63, 3.8) is 0 Å². The highest BCUT2D eigenvalue weighted by atomic mass is 16.5. The Hall–Kier alpha value is -3.18. The van der Waals surface area contributed by atoms with Gasteiger partial charge in [-0.15, -0.1) is 0 Å². The van der Waals surface area contributed by atoms with Crippen molar-refractivity contribution in [2.45, 2.75) is 52.2 Å². The zero-order chi connectivity index (χ0) is 24.5. The maximum Gasteiger partial charge on any atom is 0.204 e. The van der Waals surface area contributed by atoms with Crippen molar-refractivity contribution in [3.8, 4) is 28.7 Å². The minimum absolute atomic E-state index is 0.400. The molecule has 0 bridgehead atoms. The molecule has 0 spiro atoms. The molecule has 5 nitrogen and oxygen atoms in total. The van der Waals surface area contributed by atoms with Crippen molar-refractivity contribution in [2.75, 3.05) is 27.3 Å². The summed E-state index contributed by atoms with van der Waals surface area (Å²) in [6.07, 6.45) is 6.02. The van der Waals surface area contributed by atoms with E-state index in [0.717, 1.165) is 55.1 Å². The van der Waals surface area contributed by atoms with Gasteiger partial charge in [-0.2, -0.15) is 0 Å². The molecule has 0 radical (unpaired) electrons. The van der Waals surface area contributed by atoms with E-state index in [1.807, 2.05) is 36.4 Å². The smallest absolute Gasteiger partial charge is 0.204 e. The SMILES string of the molecule is CCCc1ccc(Oc2cc(CN3CCCCC3)cc(OC)c2OCc2ccc(OC)cc2)cc1. The van der Waals surface area contributed by atoms with Gasteiger partial charge in [-0.25, -0.2) is 0 Å². The van der Waals surface area contributed by atoms with Crippen LogP contribution in [0.2, 0.25) is 0 Å². The fourth-order valence-electron chi connectivity index (χ4n) is 4.48. The first kappa shape index (κ1) is 24.9. The van der Waals surface area contributed by atoms with E-state index in [-0.39, 0.29) is 0 Å². The molecule has 0 atom stereocenters. The van der Waals surface area contributed by atoms with E-state index in [2.05, 4.69) is 36.1 Å². The van der Waals surface area contributed by atoms with Gasteiger partial charge in [0.15, 0.2) is 11.5 Å². The lowest BCUT2D eigenvalue weighted by atomic mass is 10.1. The number of piperidine rings is 1. The predicted octanol–water partition coefficient (Wildman–Crippen LogP) is 7.01. The van der Waals surface area contributed by atoms with Crippen molar-refractivity contribution in [3.05, 3.63) is 77.4 Å². The first-order valence-electron chi connectivity index (χ1n) is 12.6. The van der Waals surface area contributed by atoms with Gasteiger partial charge < -0.3 is 18.9 Å². The molecule has 1 heterocycles. The van der Waals surface area contributed by atoms with E-state index in [4.69, 9.17) is 18.9 Å². The van der Waals surface area contributed by atoms with Gasteiger partial charge in [-0.1, -0.05) is 44.0 Å². The Bertz CT molecular complexity index is 1060. The molecule has 186 valence electrons. The molecule has 0 aromatic heterocycles. The molecule has 5 heteroatoms. The standard InChI is InChI=1S/C30H37NO4/c1-4-8-23-9-15-27(16-10-23)35-29-20-25(21-31-17-6-5-7-18-31)19-28(33-3)30(29)34-22-24-11-13-26(32-2)14-12-24/h9-16,19-20H,4-8,17-18,21-22H2,1-3H3. The fourth-order valence-corrected chi connectivity index (χ4v) is 4.48. The van der Waals surface area contributed by atoms with E-state index >= 15 is 0 Å². The predicted molar refractivity (Wildman–Crippen MR) is 140 cm³/mol. The third kappa shape index (κ3) is 6.92. The maximum atomic E-state index is 6.40. The van der Waals surface area contributed by atoms with Crippen molar-refractivity contribution >= 4 is 0 Å². The second kappa shape index (κ2) is 12.5. The van der Waals surface area contributed by atoms with Gasteiger partial charge in [0.2, 0.25) is 5.75 Å². The molecular formula is C30H37NO4. The van der Waals surface area contributed by atoms with Gasteiger partial charge >= 0.3 is 0 Å². The number of aryl methyl sites for hydroxylation is 1. The fraction of sp³-hybridized carbons (Fsp3) is 0.400. The molecule has 0 saturated carbocycles. The summed E-state index contributed by atoms with van der Waals surface area (Å²) in [5, 5.41) is 0. The summed E-state index contributed by atoms with van der Waals surface area (Å²) in [6.45, 7) is 5.73. The van der Waals surface area contributed by atoms with Gasteiger partial charge in [0.05, 0.1) is 14.2 Å². The topological polar surface area (TPSA) is 40.2 Å². The van der Waals surface area contributed by atoms with Crippen LogP contribution < -0.4 is 18.9 Å². The lowest BCUT2D eigenvalue weighted by Gasteiger charge is -2.27. The van der Waals surface area contributed by atoms with Gasteiger partial charge in [-0.3, -0.25) is 4.90 Å². The molecule has 1 aliphatic heterocycles. The summed E-state index contributed by atoms with van der Waals surface area (Å²) >= 11 is 0. The Morgan fingerprint density at radius 2 is 1.37 bits per heavy atom. The monoisotopic (exact) mass is 475 g/mol. The average molecular weight is 476 g/mol. The molecule has 0 N–H and O–H groups in total. The van der Waals surface area contributed by atoms with Crippen LogP contribution in [0.4, 0.5) is 0 Å². The Morgan fingerprint density at radius 1 is 0.714 bits per heavy atom. The highest BCUT2D eigenvalue weighted by molar-refractivity contribution is 5.55. The number of ether oxygens (including phenoxy) is 4. The highest BCUT2D eigenvalue weighted by Gasteiger charge is 2.18. The first-order valence-corrected chi connectivity index (χ1v) is 12.6. The third-order valence-corrected chi connectivity index (χ3v) is 6.39. The highest BCUT2D eigenvalue weighted by Crippen LogP contribution is 2.42. The van der Waals surface area contributed by atoms with E-state index in [0.29, 0.717) is 23.9 Å². The van der Waals surface area contributed by atoms with Crippen molar-refractivity contribution < 1.29 is 18.9 Å². The first-order chi connectivity index (χ1) is 17.2. The van der Waals surface area contributed by atoms with Crippen LogP contribution in [0.1, 0.15) is 49.3 Å². The van der Waals surface area contributed by atoms with E-state index in [1.165, 1.54) is 24.8 Å². The average Bonchev–Trinajstić information content (AvgIpc) is 2.90. The van der Waals surface area contributed by atoms with Gasteiger partial charge in [0, 0.05) is 6.54 Å². The van der Waals surface area contributed by atoms with Gasteiger partial charge in [-0.05, 0) is 85.4 Å². The summed E-state index contributed by atoms with van der Waals surface area (Å²) in [7, 11) is 3.35. The summed E-state index contributed by atoms with van der Waals surface area (Å²) in [5.74, 6) is 3.59. The quantitative estimate of drug-likeness (QED) is 0.298. The molecule has 1 fully saturated rings. The van der Waals surface area contributed by atoms with Crippen LogP contribution in [0.15, 0.2) is 60.7 Å². The van der Waals surface area contributed by atoms with E-state index in [9.17, 15) is 0 Å². The van der Waals surface area contributed by atoms with Gasteiger partial charge in [0.1, 0.15) is 18.1 Å². The van der Waals surface area contributed by atoms with Crippen LogP contribution in [-0.2, 0) is 19.6 Å². The van der Waals surface area contributed by atoms with Crippen LogP contribution in [-0.4, -0.2) is 32.2 Å². The molecule has 3 aromatic rings. The Kier molecular flexibility index (Phi) is 8.90. The van der Waals surface area contributed by atoms with Crippen molar-refractivity contribution in [1.29, 1.82) is 0 Å². The number of rotatable bonds is 11. The summed E-state index contributed by atoms with van der Waals surface area (Å²) in [5.41, 5.74) is 3.52. The summed E-state index contributed by atoms with van der Waals surface area (Å²) in [6, 6.07) is 20.4. The van der Waals surface area contributed by atoms with Crippen LogP contribution in [0, 0.1) is 0 Å². The molecule has 1 saturated heterocycles. The molecule has 0 unspecified atom stereocenters. The minimum Gasteiger partial charge on any atom is -0.497 e. The Balaban J connectivity index is 1.60. The molecule has 3 aromatic carbocycles. The molecule has 35 heavy (non-hydrogen) atoms. The summed E-state index contributed by atoms with van der Waals surface area (Å²) in [4.78, 5) is 2.50. The number of methoxy groups -OCH3 is 2. The molecular weight excluding hydrogens is 438 g/mol. The van der Waals surface area contributed by atoms with E-state index < -0.39 is 0 Å². The molecule has 0 aliphatic carbocycles. The van der Waals surface area contributed by atoms with Gasteiger partial charge in [0.25, 0.3) is 0 Å². The lowest BCUT2D eigenvalue weighted by Crippen LogP contribution is -2.29. The zero-order valence-corrected chi connectivity index (χ0v) is 21.2. The Morgan fingerprint density at radius 3 is 2.03 bits per heavy atom. The van der Waals surface area contributed by atoms with Crippen molar-refractivity contribution in [2.24, 2.45) is 0 Å². The third-order valence-electron chi connectivity index (χ3n) is 6.39. The lowest BCUT2D eigenvalue weighted by molar-refractivity contribution is 0.219. The Labute approximate surface area is 209 Å². The van der Waals surface area contributed by atoms with Crippen LogP contribution in [0.5, 0.6) is 28.7 Å². The maximum absolute atomic E-state index is 6.40. The number of benzene rings is 3. The largest absolute Gasteiger partial charge is 0.497 e. The van der Waals surface area contributed by atoms with Crippen LogP contribution in [0.3, 0.4) is 0 Å². The summed E-state index contributed by atoms with van der Waals surface area (Å²) < 4.78 is 23.7. The second-order valence-electron chi connectivity index (χ2n) is 9.09. The minimum atomic E-state index is 0.400.